The van der Waals surface area contributed by atoms with E-state index in [2.05, 4.69) is 15.6 Å². The predicted octanol–water partition coefficient (Wildman–Crippen LogP) is 2.65. The van der Waals surface area contributed by atoms with Crippen molar-refractivity contribution >= 4 is 36.4 Å². The van der Waals surface area contributed by atoms with E-state index in [-0.39, 0.29) is 30.7 Å². The second-order valence-corrected chi connectivity index (χ2v) is 5.14. The smallest absolute Gasteiger partial charge is 0.238 e. The molecule has 0 atom stereocenters. The molecular formula is C15H20Cl2N4O. The molecule has 1 amide bonds. The standard InChI is InChI=1S/C15H18N4O.2ClH/c20-15(10-17-9-12-4-5-12)18-13-2-1-3-14(8-13)19-7-6-16-11-19;;/h1-3,6-8,11-12,17H,4-5,9-10H2,(H,18,20);2*1H. The molecule has 0 unspecified atom stereocenters. The highest BCUT2D eigenvalue weighted by molar-refractivity contribution is 5.92. The van der Waals surface area contributed by atoms with Crippen molar-refractivity contribution in [2.75, 3.05) is 18.4 Å². The van der Waals surface area contributed by atoms with E-state index >= 15 is 0 Å². The van der Waals surface area contributed by atoms with E-state index in [1.807, 2.05) is 35.0 Å². The number of aromatic nitrogens is 2. The second-order valence-electron chi connectivity index (χ2n) is 5.14. The number of imidazole rings is 1. The van der Waals surface area contributed by atoms with Gasteiger partial charge in [-0.1, -0.05) is 6.07 Å². The molecule has 0 spiro atoms. The van der Waals surface area contributed by atoms with E-state index in [0.717, 1.165) is 23.8 Å². The Morgan fingerprint density at radius 3 is 2.82 bits per heavy atom. The van der Waals surface area contributed by atoms with Crippen molar-refractivity contribution in [1.29, 1.82) is 0 Å². The summed E-state index contributed by atoms with van der Waals surface area (Å²) in [6, 6.07) is 7.71. The summed E-state index contributed by atoms with van der Waals surface area (Å²) in [5.41, 5.74) is 1.78. The molecule has 1 aromatic carbocycles. The number of carbonyl (C=O) groups is 1. The number of anilines is 1. The number of hydrogen-bond donors (Lipinski definition) is 2. The van der Waals surface area contributed by atoms with Gasteiger partial charge in [0.25, 0.3) is 0 Å². The third-order valence-corrected chi connectivity index (χ3v) is 3.35. The van der Waals surface area contributed by atoms with E-state index in [0.29, 0.717) is 6.54 Å². The van der Waals surface area contributed by atoms with Crippen molar-refractivity contribution in [1.82, 2.24) is 14.9 Å². The number of carbonyl (C=O) groups excluding carboxylic acids is 1. The Balaban J connectivity index is 0.00000121. The minimum absolute atomic E-state index is 0. The van der Waals surface area contributed by atoms with E-state index in [9.17, 15) is 4.79 Å². The number of halogens is 2. The lowest BCUT2D eigenvalue weighted by Crippen LogP contribution is -2.29. The van der Waals surface area contributed by atoms with Crippen LogP contribution in [0, 0.1) is 5.92 Å². The maximum Gasteiger partial charge on any atom is 0.238 e. The van der Waals surface area contributed by atoms with Crippen LogP contribution in [0.25, 0.3) is 5.69 Å². The van der Waals surface area contributed by atoms with Crippen molar-refractivity contribution in [3.8, 4) is 5.69 Å². The van der Waals surface area contributed by atoms with Crippen molar-refractivity contribution in [2.45, 2.75) is 12.8 Å². The Bertz CT molecular complexity index is 585. The fourth-order valence-electron chi connectivity index (χ4n) is 2.07. The van der Waals surface area contributed by atoms with Gasteiger partial charge in [-0.15, -0.1) is 24.8 Å². The summed E-state index contributed by atoms with van der Waals surface area (Å²) >= 11 is 0. The first kappa shape index (κ1) is 18.5. The SMILES string of the molecule is Cl.Cl.O=C(CNCC1CC1)Nc1cccc(-n2ccnc2)c1. The Kier molecular flexibility index (Phi) is 7.38. The molecule has 22 heavy (non-hydrogen) atoms. The number of hydrogen-bond acceptors (Lipinski definition) is 3. The molecule has 1 aliphatic rings. The summed E-state index contributed by atoms with van der Waals surface area (Å²) in [7, 11) is 0. The maximum atomic E-state index is 11.8. The zero-order valence-corrected chi connectivity index (χ0v) is 13.7. The monoisotopic (exact) mass is 342 g/mol. The van der Waals surface area contributed by atoms with Crippen LogP contribution in [0.2, 0.25) is 0 Å². The fourth-order valence-corrected chi connectivity index (χ4v) is 2.07. The molecule has 0 saturated heterocycles. The topological polar surface area (TPSA) is 59.0 Å². The lowest BCUT2D eigenvalue weighted by molar-refractivity contribution is -0.115. The van der Waals surface area contributed by atoms with Crippen LogP contribution in [0.15, 0.2) is 43.0 Å². The van der Waals surface area contributed by atoms with Crippen molar-refractivity contribution in [2.24, 2.45) is 5.92 Å². The Morgan fingerprint density at radius 2 is 2.14 bits per heavy atom. The normalized spacial score (nSPS) is 12.9. The van der Waals surface area contributed by atoms with Gasteiger partial charge in [0.1, 0.15) is 0 Å². The molecular weight excluding hydrogens is 323 g/mol. The van der Waals surface area contributed by atoms with Crippen LogP contribution in [0.5, 0.6) is 0 Å². The maximum absolute atomic E-state index is 11.8. The lowest BCUT2D eigenvalue weighted by Gasteiger charge is -2.08. The molecule has 5 nitrogen and oxygen atoms in total. The molecule has 1 saturated carbocycles. The first-order valence-electron chi connectivity index (χ1n) is 6.90. The zero-order valence-electron chi connectivity index (χ0n) is 12.1. The lowest BCUT2D eigenvalue weighted by atomic mass is 10.2. The van der Waals surface area contributed by atoms with Gasteiger partial charge in [-0.3, -0.25) is 4.79 Å². The Morgan fingerprint density at radius 1 is 1.32 bits per heavy atom. The highest BCUT2D eigenvalue weighted by Crippen LogP contribution is 2.27. The number of nitrogens with one attached hydrogen (secondary N) is 2. The molecule has 1 heterocycles. The molecule has 3 rings (SSSR count). The third kappa shape index (κ3) is 5.33. The molecule has 2 aromatic rings. The molecule has 0 aliphatic heterocycles. The predicted molar refractivity (Wildman–Crippen MR) is 92.3 cm³/mol. The highest BCUT2D eigenvalue weighted by atomic mass is 35.5. The minimum Gasteiger partial charge on any atom is -0.325 e. The van der Waals surface area contributed by atoms with Gasteiger partial charge in [0.05, 0.1) is 12.9 Å². The first-order chi connectivity index (χ1) is 9.81. The molecule has 7 heteroatoms. The van der Waals surface area contributed by atoms with Gasteiger partial charge in [0, 0.05) is 23.8 Å². The van der Waals surface area contributed by atoms with E-state index in [4.69, 9.17) is 0 Å². The summed E-state index contributed by atoms with van der Waals surface area (Å²) in [4.78, 5) is 15.8. The summed E-state index contributed by atoms with van der Waals surface area (Å²) in [6.07, 6.45) is 7.92. The van der Waals surface area contributed by atoms with E-state index in [1.165, 1.54) is 12.8 Å². The average Bonchev–Trinajstić information content (AvgIpc) is 3.10. The first-order valence-corrected chi connectivity index (χ1v) is 6.90. The summed E-state index contributed by atoms with van der Waals surface area (Å²) in [5.74, 6) is 0.779. The molecule has 2 N–H and O–H groups in total. The van der Waals surface area contributed by atoms with Crippen LogP contribution in [0.3, 0.4) is 0 Å². The van der Waals surface area contributed by atoms with Crippen molar-refractivity contribution < 1.29 is 4.79 Å². The molecule has 0 radical (unpaired) electrons. The van der Waals surface area contributed by atoms with Gasteiger partial charge in [0.2, 0.25) is 5.91 Å². The second kappa shape index (κ2) is 8.78. The molecule has 1 aromatic heterocycles. The van der Waals surface area contributed by atoms with Gasteiger partial charge in [0.15, 0.2) is 0 Å². The largest absolute Gasteiger partial charge is 0.325 e. The molecule has 0 bridgehead atoms. The Hall–Kier alpha value is -1.56. The van der Waals surface area contributed by atoms with E-state index in [1.54, 1.807) is 12.5 Å². The number of rotatable bonds is 6. The number of amides is 1. The zero-order chi connectivity index (χ0) is 13.8. The van der Waals surface area contributed by atoms with Crippen LogP contribution in [0.4, 0.5) is 5.69 Å². The number of nitrogens with zero attached hydrogens (tertiary/aromatic N) is 2. The minimum atomic E-state index is -0.00608. The number of benzene rings is 1. The molecule has 1 fully saturated rings. The van der Waals surface area contributed by atoms with Gasteiger partial charge in [-0.05, 0) is 43.5 Å². The third-order valence-electron chi connectivity index (χ3n) is 3.35. The Labute approximate surface area is 142 Å². The van der Waals surface area contributed by atoms with Gasteiger partial charge < -0.3 is 15.2 Å². The summed E-state index contributed by atoms with van der Waals surface area (Å²) in [5, 5.41) is 6.09. The van der Waals surface area contributed by atoms with Crippen molar-refractivity contribution in [3.05, 3.63) is 43.0 Å². The van der Waals surface area contributed by atoms with Crippen LogP contribution < -0.4 is 10.6 Å². The van der Waals surface area contributed by atoms with Crippen LogP contribution in [-0.4, -0.2) is 28.5 Å². The summed E-state index contributed by atoms with van der Waals surface area (Å²) < 4.78 is 1.90. The van der Waals surface area contributed by atoms with Crippen LogP contribution in [0.1, 0.15) is 12.8 Å². The fraction of sp³-hybridized carbons (Fsp3) is 0.333. The van der Waals surface area contributed by atoms with Gasteiger partial charge in [-0.25, -0.2) is 4.98 Å². The molecule has 1 aliphatic carbocycles. The van der Waals surface area contributed by atoms with Gasteiger partial charge in [-0.2, -0.15) is 0 Å². The highest BCUT2D eigenvalue weighted by Gasteiger charge is 2.20. The van der Waals surface area contributed by atoms with E-state index < -0.39 is 0 Å². The molecule has 120 valence electrons. The quantitative estimate of drug-likeness (QED) is 0.848. The van der Waals surface area contributed by atoms with Crippen LogP contribution >= 0.6 is 24.8 Å². The summed E-state index contributed by atoms with van der Waals surface area (Å²) in [6.45, 7) is 1.31. The van der Waals surface area contributed by atoms with Crippen molar-refractivity contribution in [3.63, 3.8) is 0 Å². The van der Waals surface area contributed by atoms with Gasteiger partial charge >= 0.3 is 0 Å². The van der Waals surface area contributed by atoms with Crippen LogP contribution in [-0.2, 0) is 4.79 Å². The average molecular weight is 343 g/mol.